The molecule has 2 aliphatic heterocycles. The first-order chi connectivity index (χ1) is 11.7. The van der Waals surface area contributed by atoms with Crippen LogP contribution in [0.1, 0.15) is 34.1 Å². The van der Waals surface area contributed by atoms with Crippen LogP contribution in [0.2, 0.25) is 0 Å². The monoisotopic (exact) mass is 375 g/mol. The molecule has 4 atom stereocenters. The SMILES string of the molecule is CCOC(=O)OC(C)OC(=O)[C@@H]1N2C(=O)C[C@H]2S[C@@]1(C)COC(C)=O. The van der Waals surface area contributed by atoms with Gasteiger partial charge in [0.15, 0.2) is 0 Å². The van der Waals surface area contributed by atoms with E-state index in [0.717, 1.165) is 0 Å². The summed E-state index contributed by atoms with van der Waals surface area (Å²) in [6.07, 6.45) is -1.81. The first-order valence-corrected chi connectivity index (χ1v) is 8.72. The fourth-order valence-electron chi connectivity index (χ4n) is 2.74. The van der Waals surface area contributed by atoms with Gasteiger partial charge in [0.05, 0.1) is 23.1 Å². The molecule has 1 amide bonds. The van der Waals surface area contributed by atoms with Crippen molar-refractivity contribution in [2.45, 2.75) is 56.6 Å². The molecule has 0 aromatic carbocycles. The fraction of sp³-hybridized carbons (Fsp3) is 0.733. The van der Waals surface area contributed by atoms with Gasteiger partial charge < -0.3 is 23.8 Å². The molecule has 0 spiro atoms. The van der Waals surface area contributed by atoms with E-state index in [2.05, 4.69) is 4.74 Å². The van der Waals surface area contributed by atoms with Gasteiger partial charge in [-0.15, -0.1) is 11.8 Å². The third-order valence-corrected chi connectivity index (χ3v) is 5.35. The van der Waals surface area contributed by atoms with E-state index >= 15 is 0 Å². The summed E-state index contributed by atoms with van der Waals surface area (Å²) in [6.45, 7) is 6.07. The lowest BCUT2D eigenvalue weighted by Crippen LogP contribution is -2.59. The first-order valence-electron chi connectivity index (χ1n) is 7.84. The van der Waals surface area contributed by atoms with Crippen molar-refractivity contribution in [2.75, 3.05) is 13.2 Å². The molecule has 0 saturated carbocycles. The zero-order chi connectivity index (χ0) is 18.8. The molecule has 2 heterocycles. The van der Waals surface area contributed by atoms with Crippen molar-refractivity contribution >= 4 is 35.8 Å². The second-order valence-electron chi connectivity index (χ2n) is 5.88. The summed E-state index contributed by atoms with van der Waals surface area (Å²) in [5.41, 5.74) is 0. The number of amides is 1. The molecule has 2 aliphatic rings. The Morgan fingerprint density at radius 2 is 2.00 bits per heavy atom. The molecule has 2 rings (SSSR count). The first kappa shape index (κ1) is 19.4. The Kier molecular flexibility index (Phi) is 5.81. The molecule has 2 saturated heterocycles. The summed E-state index contributed by atoms with van der Waals surface area (Å²) >= 11 is 1.39. The maximum Gasteiger partial charge on any atom is 0.511 e. The van der Waals surface area contributed by atoms with E-state index in [1.807, 2.05) is 0 Å². The highest BCUT2D eigenvalue weighted by Crippen LogP contribution is 2.51. The number of ether oxygens (including phenoxy) is 4. The quantitative estimate of drug-likeness (QED) is 0.291. The van der Waals surface area contributed by atoms with E-state index in [0.29, 0.717) is 6.42 Å². The van der Waals surface area contributed by atoms with Crippen LogP contribution in [0.5, 0.6) is 0 Å². The minimum atomic E-state index is -1.18. The van der Waals surface area contributed by atoms with E-state index in [4.69, 9.17) is 14.2 Å². The number of hydrogen-bond donors (Lipinski definition) is 0. The summed E-state index contributed by atoms with van der Waals surface area (Å²) in [5.74, 6) is -1.38. The molecule has 9 nitrogen and oxygen atoms in total. The van der Waals surface area contributed by atoms with Gasteiger partial charge >= 0.3 is 18.1 Å². The van der Waals surface area contributed by atoms with Crippen LogP contribution in [0.25, 0.3) is 0 Å². The second-order valence-corrected chi connectivity index (χ2v) is 7.59. The van der Waals surface area contributed by atoms with Crippen molar-refractivity contribution in [1.29, 1.82) is 0 Å². The van der Waals surface area contributed by atoms with Gasteiger partial charge in [-0.25, -0.2) is 9.59 Å². The maximum absolute atomic E-state index is 12.6. The molecule has 0 radical (unpaired) electrons. The van der Waals surface area contributed by atoms with Crippen molar-refractivity contribution in [3.63, 3.8) is 0 Å². The van der Waals surface area contributed by atoms with Gasteiger partial charge in [-0.3, -0.25) is 9.59 Å². The molecule has 0 aromatic rings. The number of carbonyl (C=O) groups excluding carboxylic acids is 4. The molecule has 1 unspecified atom stereocenters. The van der Waals surface area contributed by atoms with Crippen LogP contribution in [0.3, 0.4) is 0 Å². The molecule has 0 aliphatic carbocycles. The van der Waals surface area contributed by atoms with Gasteiger partial charge in [0, 0.05) is 13.8 Å². The molecule has 0 aromatic heterocycles. The Morgan fingerprint density at radius 3 is 2.56 bits per heavy atom. The number of fused-ring (bicyclic) bond motifs is 1. The van der Waals surface area contributed by atoms with E-state index in [1.54, 1.807) is 13.8 Å². The highest BCUT2D eigenvalue weighted by Gasteiger charge is 2.61. The molecule has 140 valence electrons. The fourth-order valence-corrected chi connectivity index (χ4v) is 4.41. The van der Waals surface area contributed by atoms with Crippen LogP contribution >= 0.6 is 11.8 Å². The summed E-state index contributed by atoms with van der Waals surface area (Å²) in [5, 5.41) is -0.160. The molecule has 25 heavy (non-hydrogen) atoms. The van der Waals surface area contributed by atoms with Gasteiger partial charge in [0.2, 0.25) is 12.2 Å². The third kappa shape index (κ3) is 4.17. The molecule has 0 N–H and O–H groups in total. The van der Waals surface area contributed by atoms with Crippen LogP contribution in [0.4, 0.5) is 4.79 Å². The zero-order valence-electron chi connectivity index (χ0n) is 14.5. The van der Waals surface area contributed by atoms with Gasteiger partial charge in [-0.05, 0) is 13.8 Å². The Labute approximate surface area is 149 Å². The number of thioether (sulfide) groups is 1. The predicted molar refractivity (Wildman–Crippen MR) is 85.3 cm³/mol. The lowest BCUT2D eigenvalue weighted by Gasteiger charge is -2.37. The van der Waals surface area contributed by atoms with Crippen LogP contribution in [-0.2, 0) is 33.3 Å². The van der Waals surface area contributed by atoms with Gasteiger partial charge in [-0.1, -0.05) is 0 Å². The highest BCUT2D eigenvalue weighted by molar-refractivity contribution is 8.01. The number of carbonyl (C=O) groups is 4. The average Bonchev–Trinajstić information content (AvgIpc) is 2.73. The van der Waals surface area contributed by atoms with E-state index < -0.39 is 35.2 Å². The van der Waals surface area contributed by atoms with Crippen molar-refractivity contribution in [1.82, 2.24) is 4.90 Å². The van der Waals surface area contributed by atoms with Crippen LogP contribution in [-0.4, -0.2) is 64.6 Å². The van der Waals surface area contributed by atoms with Gasteiger partial charge in [0.1, 0.15) is 12.6 Å². The molecule has 2 fully saturated rings. The second kappa shape index (κ2) is 7.51. The molecular weight excluding hydrogens is 354 g/mol. The lowest BCUT2D eigenvalue weighted by molar-refractivity contribution is -0.180. The van der Waals surface area contributed by atoms with Crippen molar-refractivity contribution in [3.8, 4) is 0 Å². The number of hydrogen-bond acceptors (Lipinski definition) is 9. The Balaban J connectivity index is 2.06. The van der Waals surface area contributed by atoms with Crippen LogP contribution in [0, 0.1) is 0 Å². The van der Waals surface area contributed by atoms with Crippen LogP contribution < -0.4 is 0 Å². The minimum absolute atomic E-state index is 0.0415. The average molecular weight is 375 g/mol. The van der Waals surface area contributed by atoms with Gasteiger partial charge in [0.25, 0.3) is 0 Å². The number of β-lactam (4-membered cyclic amide) rings is 1. The number of nitrogens with zero attached hydrogens (tertiary/aromatic N) is 1. The number of rotatable bonds is 6. The third-order valence-electron chi connectivity index (χ3n) is 3.80. The van der Waals surface area contributed by atoms with Gasteiger partial charge in [-0.2, -0.15) is 0 Å². The Bertz CT molecular complexity index is 582. The number of esters is 2. The highest BCUT2D eigenvalue weighted by atomic mass is 32.2. The summed E-state index contributed by atoms with van der Waals surface area (Å²) in [6, 6.07) is -0.934. The molecule has 10 heteroatoms. The van der Waals surface area contributed by atoms with Crippen molar-refractivity contribution in [3.05, 3.63) is 0 Å². The minimum Gasteiger partial charge on any atom is -0.464 e. The van der Waals surface area contributed by atoms with E-state index in [9.17, 15) is 19.2 Å². The lowest BCUT2D eigenvalue weighted by atomic mass is 9.97. The van der Waals surface area contributed by atoms with Crippen molar-refractivity contribution in [2.24, 2.45) is 0 Å². The smallest absolute Gasteiger partial charge is 0.464 e. The molecular formula is C15H21NO8S. The predicted octanol–water partition coefficient (Wildman–Crippen LogP) is 1.04. The van der Waals surface area contributed by atoms with E-state index in [1.165, 1.54) is 30.5 Å². The largest absolute Gasteiger partial charge is 0.511 e. The normalized spacial score (nSPS) is 28.5. The maximum atomic E-state index is 12.6. The standard InChI is InChI=1S/C15H21NO8S/c1-5-21-14(20)24-9(3)23-13(19)12-15(4,7-22-8(2)17)25-11-6-10(18)16(11)12/h9,11-12H,5-7H2,1-4H3/t9?,11-,12+,15+/m1/s1. The Hall–Kier alpha value is -1.97. The molecule has 0 bridgehead atoms. The van der Waals surface area contributed by atoms with Crippen molar-refractivity contribution < 1.29 is 38.1 Å². The topological polar surface area (TPSA) is 108 Å². The summed E-state index contributed by atoms with van der Waals surface area (Å²) in [7, 11) is 0. The Morgan fingerprint density at radius 1 is 1.32 bits per heavy atom. The summed E-state index contributed by atoms with van der Waals surface area (Å²) < 4.78 is 18.8. The summed E-state index contributed by atoms with van der Waals surface area (Å²) in [4.78, 5) is 48.3. The van der Waals surface area contributed by atoms with Crippen LogP contribution in [0.15, 0.2) is 0 Å². The van der Waals surface area contributed by atoms with E-state index in [-0.39, 0.29) is 24.5 Å². The zero-order valence-corrected chi connectivity index (χ0v) is 15.3.